The maximum Gasteiger partial charge on any atom is 0.244 e. The topological polar surface area (TPSA) is 98.7 Å². The average molecular weight is 366 g/mol. The van der Waals surface area contributed by atoms with Gasteiger partial charge in [-0.25, -0.2) is 0 Å². The van der Waals surface area contributed by atoms with Crippen LogP contribution in [0.4, 0.5) is 0 Å². The highest BCUT2D eigenvalue weighted by Crippen LogP contribution is 2.11. The highest BCUT2D eigenvalue weighted by Gasteiger charge is 1.98. The van der Waals surface area contributed by atoms with Gasteiger partial charge in [-0.1, -0.05) is 24.3 Å². The molecule has 6 nitrogen and oxygen atoms in total. The number of aromatic hydroxyl groups is 2. The number of phenolic OH excluding ortho intramolecular Hbond substituents is 2. The summed E-state index contributed by atoms with van der Waals surface area (Å²) in [4.78, 5) is 23.4. The van der Waals surface area contributed by atoms with Crippen LogP contribution in [0.5, 0.6) is 11.5 Å². The van der Waals surface area contributed by atoms with Crippen molar-refractivity contribution in [1.82, 2.24) is 10.6 Å². The monoisotopic (exact) mass is 366 g/mol. The second kappa shape index (κ2) is 10.5. The minimum absolute atomic E-state index is 0.177. The molecule has 2 amide bonds. The van der Waals surface area contributed by atoms with Crippen molar-refractivity contribution in [3.05, 3.63) is 71.8 Å². The molecule has 140 valence electrons. The van der Waals surface area contributed by atoms with E-state index in [1.165, 1.54) is 12.2 Å². The number of benzene rings is 2. The van der Waals surface area contributed by atoms with Crippen molar-refractivity contribution in [2.45, 2.75) is 6.42 Å². The summed E-state index contributed by atoms with van der Waals surface area (Å²) in [5.41, 5.74) is 1.63. The van der Waals surface area contributed by atoms with Gasteiger partial charge in [0.15, 0.2) is 0 Å². The van der Waals surface area contributed by atoms with Crippen molar-refractivity contribution in [2.24, 2.45) is 0 Å². The average Bonchev–Trinajstić information content (AvgIpc) is 2.67. The molecule has 0 saturated heterocycles. The highest BCUT2D eigenvalue weighted by molar-refractivity contribution is 5.92. The molecule has 2 aromatic rings. The second-order valence-corrected chi connectivity index (χ2v) is 5.79. The van der Waals surface area contributed by atoms with E-state index >= 15 is 0 Å². The minimum atomic E-state index is -0.221. The molecule has 0 atom stereocenters. The number of phenols is 2. The van der Waals surface area contributed by atoms with Crippen molar-refractivity contribution in [2.75, 3.05) is 13.1 Å². The summed E-state index contributed by atoms with van der Waals surface area (Å²) < 4.78 is 0. The van der Waals surface area contributed by atoms with E-state index < -0.39 is 0 Å². The van der Waals surface area contributed by atoms with E-state index in [0.717, 1.165) is 11.1 Å². The van der Waals surface area contributed by atoms with Crippen LogP contribution in [0, 0.1) is 0 Å². The molecule has 0 unspecified atom stereocenters. The van der Waals surface area contributed by atoms with Gasteiger partial charge in [-0.3, -0.25) is 9.59 Å². The Morgan fingerprint density at radius 3 is 1.44 bits per heavy atom. The van der Waals surface area contributed by atoms with Crippen molar-refractivity contribution in [1.29, 1.82) is 0 Å². The number of carbonyl (C=O) groups is 2. The molecule has 0 spiro atoms. The Morgan fingerprint density at radius 2 is 1.07 bits per heavy atom. The summed E-state index contributed by atoms with van der Waals surface area (Å²) in [6.07, 6.45) is 6.77. The predicted octanol–water partition coefficient (Wildman–Crippen LogP) is 2.45. The molecule has 0 heterocycles. The molecule has 6 heteroatoms. The quantitative estimate of drug-likeness (QED) is 0.426. The number of nitrogens with one attached hydrogen (secondary N) is 2. The van der Waals surface area contributed by atoms with E-state index in [-0.39, 0.29) is 23.3 Å². The van der Waals surface area contributed by atoms with Gasteiger partial charge in [0.25, 0.3) is 0 Å². The number of amides is 2. The van der Waals surface area contributed by atoms with Gasteiger partial charge in [-0.05, 0) is 54.0 Å². The van der Waals surface area contributed by atoms with Gasteiger partial charge in [0.2, 0.25) is 11.8 Å². The molecule has 0 fully saturated rings. The number of hydrogen-bond acceptors (Lipinski definition) is 4. The lowest BCUT2D eigenvalue weighted by molar-refractivity contribution is -0.116. The zero-order chi connectivity index (χ0) is 19.5. The van der Waals surface area contributed by atoms with E-state index in [4.69, 9.17) is 0 Å². The van der Waals surface area contributed by atoms with Gasteiger partial charge in [-0.2, -0.15) is 0 Å². The molecule has 0 aliphatic rings. The molecule has 0 saturated carbocycles. The van der Waals surface area contributed by atoms with Crippen LogP contribution < -0.4 is 10.6 Å². The Labute approximate surface area is 157 Å². The molecule has 0 aromatic heterocycles. The normalized spacial score (nSPS) is 11.0. The van der Waals surface area contributed by atoms with Crippen molar-refractivity contribution in [3.63, 3.8) is 0 Å². The fourth-order valence-electron chi connectivity index (χ4n) is 2.14. The third-order valence-electron chi connectivity index (χ3n) is 3.59. The van der Waals surface area contributed by atoms with Gasteiger partial charge < -0.3 is 20.8 Å². The Kier molecular flexibility index (Phi) is 7.66. The van der Waals surface area contributed by atoms with Gasteiger partial charge >= 0.3 is 0 Å². The predicted molar refractivity (Wildman–Crippen MR) is 105 cm³/mol. The minimum Gasteiger partial charge on any atom is -0.508 e. The Hall–Kier alpha value is -3.54. The first kappa shape index (κ1) is 19.8. The molecule has 0 bridgehead atoms. The molecule has 0 aliphatic carbocycles. The van der Waals surface area contributed by atoms with Crippen LogP contribution in [0.3, 0.4) is 0 Å². The lowest BCUT2D eigenvalue weighted by Crippen LogP contribution is -2.28. The first-order chi connectivity index (χ1) is 13.0. The molecular weight excluding hydrogens is 344 g/mol. The first-order valence-corrected chi connectivity index (χ1v) is 8.53. The smallest absolute Gasteiger partial charge is 0.244 e. The van der Waals surface area contributed by atoms with Crippen molar-refractivity contribution < 1.29 is 19.8 Å². The van der Waals surface area contributed by atoms with Gasteiger partial charge in [-0.15, -0.1) is 0 Å². The van der Waals surface area contributed by atoms with E-state index in [1.807, 2.05) is 0 Å². The number of rotatable bonds is 8. The third kappa shape index (κ3) is 7.92. The number of carbonyl (C=O) groups excluding carboxylic acids is 2. The fraction of sp³-hybridized carbons (Fsp3) is 0.143. The molecule has 2 rings (SSSR count). The van der Waals surface area contributed by atoms with E-state index in [9.17, 15) is 19.8 Å². The van der Waals surface area contributed by atoms with E-state index in [0.29, 0.717) is 19.5 Å². The van der Waals surface area contributed by atoms with Gasteiger partial charge in [0.05, 0.1) is 0 Å². The molecule has 27 heavy (non-hydrogen) atoms. The van der Waals surface area contributed by atoms with Crippen LogP contribution >= 0.6 is 0 Å². The summed E-state index contributed by atoms with van der Waals surface area (Å²) >= 11 is 0. The summed E-state index contributed by atoms with van der Waals surface area (Å²) in [6, 6.07) is 13.0. The summed E-state index contributed by atoms with van der Waals surface area (Å²) in [5, 5.41) is 23.9. The summed E-state index contributed by atoms with van der Waals surface area (Å²) in [6.45, 7) is 0.890. The van der Waals surface area contributed by atoms with Crippen LogP contribution in [0.25, 0.3) is 12.2 Å². The second-order valence-electron chi connectivity index (χ2n) is 5.79. The Balaban J connectivity index is 1.60. The molecule has 2 aromatic carbocycles. The van der Waals surface area contributed by atoms with Crippen LogP contribution in [0.2, 0.25) is 0 Å². The maximum atomic E-state index is 11.7. The Bertz CT molecular complexity index is 740. The van der Waals surface area contributed by atoms with Crippen LogP contribution in [0.1, 0.15) is 17.5 Å². The van der Waals surface area contributed by atoms with Crippen molar-refractivity contribution >= 4 is 24.0 Å². The molecule has 4 N–H and O–H groups in total. The summed E-state index contributed by atoms with van der Waals surface area (Å²) in [7, 11) is 0. The lowest BCUT2D eigenvalue weighted by Gasteiger charge is -2.03. The van der Waals surface area contributed by atoms with Gasteiger partial charge in [0.1, 0.15) is 11.5 Å². The van der Waals surface area contributed by atoms with E-state index in [2.05, 4.69) is 10.6 Å². The fourth-order valence-corrected chi connectivity index (χ4v) is 2.14. The lowest BCUT2D eigenvalue weighted by atomic mass is 10.2. The zero-order valence-corrected chi connectivity index (χ0v) is 14.8. The summed E-state index contributed by atoms with van der Waals surface area (Å²) in [5.74, 6) is -0.0867. The van der Waals surface area contributed by atoms with Crippen LogP contribution in [-0.2, 0) is 9.59 Å². The largest absolute Gasteiger partial charge is 0.508 e. The number of hydrogen-bond donors (Lipinski definition) is 4. The molecular formula is C21H22N2O4. The Morgan fingerprint density at radius 1 is 0.704 bits per heavy atom. The van der Waals surface area contributed by atoms with Gasteiger partial charge in [0, 0.05) is 25.2 Å². The maximum absolute atomic E-state index is 11.7. The zero-order valence-electron chi connectivity index (χ0n) is 14.8. The highest BCUT2D eigenvalue weighted by atomic mass is 16.3. The standard InChI is InChI=1S/C21H22N2O4/c24-18-8-2-16(3-9-18)6-12-20(26)22-14-1-15-23-21(27)13-7-17-4-10-19(25)11-5-17/h2-13,24-25H,1,14-15H2,(H,22,26)(H,23,27)/b12-6+,13-7+. The van der Waals surface area contributed by atoms with Crippen LogP contribution in [-0.4, -0.2) is 35.1 Å². The first-order valence-electron chi connectivity index (χ1n) is 8.53. The third-order valence-corrected chi connectivity index (χ3v) is 3.59. The SMILES string of the molecule is O=C(/C=C/c1ccc(O)cc1)NCCCNC(=O)/C=C/c1ccc(O)cc1. The van der Waals surface area contributed by atoms with Crippen LogP contribution in [0.15, 0.2) is 60.7 Å². The molecule has 0 radical (unpaired) electrons. The molecule has 0 aliphatic heterocycles. The van der Waals surface area contributed by atoms with E-state index in [1.54, 1.807) is 60.7 Å². The van der Waals surface area contributed by atoms with Crippen molar-refractivity contribution in [3.8, 4) is 11.5 Å².